The van der Waals surface area contributed by atoms with E-state index in [2.05, 4.69) is 59.5 Å². The van der Waals surface area contributed by atoms with Crippen LogP contribution >= 0.6 is 110 Å². The molecule has 0 saturated heterocycles. The number of carbonyl (C=O) groups is 7. The van der Waals surface area contributed by atoms with Crippen molar-refractivity contribution in [2.24, 2.45) is 11.5 Å². The maximum absolute atomic E-state index is 12.5. The van der Waals surface area contributed by atoms with Crippen molar-refractivity contribution in [3.8, 4) is 0 Å². The lowest BCUT2D eigenvalue weighted by atomic mass is 10.1. The number of alkyl halides is 1. The summed E-state index contributed by atoms with van der Waals surface area (Å²) in [5.41, 5.74) is 15.9. The van der Waals surface area contributed by atoms with E-state index in [9.17, 15) is 33.6 Å². The van der Waals surface area contributed by atoms with Gasteiger partial charge in [-0.1, -0.05) is 213 Å². The molecule has 0 bridgehead atoms. The first-order valence-corrected chi connectivity index (χ1v) is 40.9. The topological polar surface area (TPSA) is 338 Å². The lowest BCUT2D eigenvalue weighted by Crippen LogP contribution is -2.38. The van der Waals surface area contributed by atoms with Crippen LogP contribution in [0.5, 0.6) is 0 Å². The number of hydrogen-bond acceptors (Lipinski definition) is 22. The number of nitrogens with one attached hydrogen (secondary N) is 6. The van der Waals surface area contributed by atoms with E-state index in [-0.39, 0.29) is 83.4 Å². The maximum Gasteiger partial charge on any atom is 0.519 e. The number of ether oxygens (including phenoxy) is 8. The number of esters is 3. The monoisotopic (exact) mass is 1850 g/mol. The molecule has 0 fully saturated rings. The van der Waals surface area contributed by atoms with Crippen LogP contribution in [-0.2, 0) is 71.5 Å². The molecule has 5 unspecified atom stereocenters. The average Bonchev–Trinajstić information content (AvgIpc) is 0.842. The fourth-order valence-electron chi connectivity index (χ4n) is 8.75. The van der Waals surface area contributed by atoms with Crippen LogP contribution in [0.4, 0.5) is 53.3 Å². The van der Waals surface area contributed by atoms with Gasteiger partial charge in [0.1, 0.15) is 40.7 Å². The SMILES string of the molecule is C.CC(C)(C)OC(=O)OC(=O)OC(C)(C)C.CCC(Br)CNC(=O)OC(C)(C)C.CCC(CN)OC(=O)Cc1ccccc1Nc1c(Cl)cccc1Cl.CCC(CNC(=O)OC(C)(C)C)OC(=O)Cc1ccccc1Nc1c(Cl)cccc1Cl.CCC(CNC=S)OC(=O)Cc1ccccc1Nc1c(Cl)cccc1Cl.CCC(O)CN.Cl.[HH]. The highest BCUT2D eigenvalue weighted by Gasteiger charge is 2.26. The molecular formula is C84H122BrCl7N8O16S. The summed E-state index contributed by atoms with van der Waals surface area (Å²) >= 11 is 45.4. The molecule has 117 heavy (non-hydrogen) atoms. The second-order valence-corrected chi connectivity index (χ2v) is 33.1. The van der Waals surface area contributed by atoms with E-state index < -0.39 is 52.9 Å². The van der Waals surface area contributed by atoms with E-state index in [1.165, 1.54) is 5.49 Å². The van der Waals surface area contributed by atoms with Crippen molar-refractivity contribution in [2.75, 3.05) is 48.7 Å². The standard InChI is InChI=1S/C23H28Cl2N2O4.C19H20Cl2N2O2S.C18H20Cl2N2O2.C10H18O5.C9H18BrNO2.C4H11NO.CH4.ClH.H2/c1-5-16(14-26-22(29)31-23(2,3)4)30-20(28)13-15-9-6-7-12-19(15)27-21-17(24)10-8-11-18(21)25;1-2-14(11-22-12-26)25-18(24)10-13-6-3-4-9-17(13)23-19-15(20)7-5-8-16(19)21;1-2-13(11-21)24-17(23)10-12-6-3-4-9-16(12)22-18-14(19)7-5-8-15(18)20;1-9(2,3)14-7(11)13-8(12)15-10(4,5)6;1-5-7(10)6-11-8(12)13-9(2,3)4;1-2-4(6)3-5;;;/h6-12,16,27H,5,13-14H2,1-4H3,(H,26,29);3-9,12,14,23H,2,10-11H2,1H3,(H,22,26);3-9,13,22H,2,10-11,21H2,1H3;1-6H3;7H,5-6H2,1-4H3,(H,11,12);4,6H,2-3,5H2,1H3;1H4;2*1H. The first-order valence-electron chi connectivity index (χ1n) is 37.3. The van der Waals surface area contributed by atoms with Crippen molar-refractivity contribution in [3.63, 3.8) is 0 Å². The zero-order chi connectivity index (χ0) is 87.2. The molecule has 6 rings (SSSR count). The third kappa shape index (κ3) is 51.0. The second kappa shape index (κ2) is 58.6. The minimum absolute atomic E-state index is 0. The van der Waals surface area contributed by atoms with Crippen molar-refractivity contribution in [1.29, 1.82) is 0 Å². The molecule has 6 aromatic carbocycles. The number of nitrogens with two attached hydrogens (primary N) is 2. The van der Waals surface area contributed by atoms with Gasteiger partial charge in [0.25, 0.3) is 0 Å². The summed E-state index contributed by atoms with van der Waals surface area (Å²) in [6.07, 6.45) is -0.224. The Morgan fingerprint density at radius 3 is 0.983 bits per heavy atom. The van der Waals surface area contributed by atoms with Gasteiger partial charge < -0.3 is 86.4 Å². The number of benzene rings is 6. The highest BCUT2D eigenvalue weighted by Crippen LogP contribution is 2.37. The predicted molar refractivity (Wildman–Crippen MR) is 487 cm³/mol. The quantitative estimate of drug-likeness (QED) is 0.00692. The van der Waals surface area contributed by atoms with Crippen LogP contribution in [0.1, 0.15) is 175 Å². The summed E-state index contributed by atoms with van der Waals surface area (Å²) in [7, 11) is 0. The van der Waals surface area contributed by atoms with Crippen molar-refractivity contribution < 1.29 is 78.0 Å². The largest absolute Gasteiger partial charge is 0.519 e. The summed E-state index contributed by atoms with van der Waals surface area (Å²) in [6, 6.07) is 38.1. The zero-order valence-electron chi connectivity index (χ0n) is 69.0. The molecule has 0 radical (unpaired) electrons. The Labute approximate surface area is 743 Å². The number of aliphatic hydroxyl groups excluding tert-OH is 1. The molecule has 6 aromatic rings. The lowest BCUT2D eigenvalue weighted by molar-refractivity contribution is -0.149. The van der Waals surface area contributed by atoms with E-state index >= 15 is 0 Å². The van der Waals surface area contributed by atoms with Crippen LogP contribution in [0, 0.1) is 0 Å². The molecule has 0 aliphatic carbocycles. The van der Waals surface area contributed by atoms with Crippen LogP contribution in [0.2, 0.25) is 30.1 Å². The highest BCUT2D eigenvalue weighted by molar-refractivity contribution is 9.09. The van der Waals surface area contributed by atoms with Gasteiger partial charge in [-0.2, -0.15) is 0 Å². The van der Waals surface area contributed by atoms with E-state index in [1.54, 1.807) is 117 Å². The van der Waals surface area contributed by atoms with Crippen molar-refractivity contribution in [1.82, 2.24) is 16.0 Å². The van der Waals surface area contributed by atoms with Crippen molar-refractivity contribution in [3.05, 3.63) is 174 Å². The Bertz CT molecular complexity index is 3900. The molecule has 0 heterocycles. The summed E-state index contributed by atoms with van der Waals surface area (Å²) in [5, 5.41) is 29.3. The molecule has 33 heteroatoms. The minimum atomic E-state index is -1.06. The number of rotatable bonds is 29. The van der Waals surface area contributed by atoms with Gasteiger partial charge in [-0.15, -0.1) is 12.4 Å². The van der Waals surface area contributed by atoms with E-state index in [0.717, 1.165) is 40.9 Å². The van der Waals surface area contributed by atoms with Gasteiger partial charge in [0.05, 0.1) is 91.1 Å². The Kier molecular flexibility index (Phi) is 55.9. The number of carbonyl (C=O) groups excluding carboxylic acids is 7. The van der Waals surface area contributed by atoms with Gasteiger partial charge >= 0.3 is 42.4 Å². The first kappa shape index (κ1) is 112. The number of anilines is 6. The zero-order valence-corrected chi connectivity index (χ0v) is 76.7. The third-order valence-electron chi connectivity index (χ3n) is 14.5. The maximum atomic E-state index is 12.5. The van der Waals surface area contributed by atoms with Crippen molar-refractivity contribution in [2.45, 2.75) is 228 Å². The molecule has 0 spiro atoms. The number of thiocarbonyl (C=S) groups is 1. The van der Waals surface area contributed by atoms with Gasteiger partial charge in [0.15, 0.2) is 0 Å². The normalized spacial score (nSPS) is 12.0. The molecule has 0 aliphatic heterocycles. The molecule has 24 nitrogen and oxygen atoms in total. The molecule has 5 atom stereocenters. The van der Waals surface area contributed by atoms with Crippen LogP contribution < -0.4 is 43.4 Å². The summed E-state index contributed by atoms with van der Waals surface area (Å²) in [5.74, 6) is -1.02. The summed E-state index contributed by atoms with van der Waals surface area (Å²) in [4.78, 5) is 82.3. The van der Waals surface area contributed by atoms with Gasteiger partial charge in [0, 0.05) is 43.0 Å². The third-order valence-corrected chi connectivity index (χ3v) is 17.6. The fourth-order valence-corrected chi connectivity index (χ4v) is 10.5. The van der Waals surface area contributed by atoms with Gasteiger partial charge in [0.2, 0.25) is 0 Å². The Balaban J connectivity index is -0.00000141. The minimum Gasteiger partial charge on any atom is -0.461 e. The van der Waals surface area contributed by atoms with Crippen LogP contribution in [0.15, 0.2) is 127 Å². The van der Waals surface area contributed by atoms with Gasteiger partial charge in [-0.25, -0.2) is 19.2 Å². The molecule has 2 amide bonds. The Morgan fingerprint density at radius 1 is 0.436 bits per heavy atom. The number of amides is 2. The molecule has 11 N–H and O–H groups in total. The van der Waals surface area contributed by atoms with Crippen LogP contribution in [0.25, 0.3) is 0 Å². The number of alkyl carbamates (subject to hydrolysis) is 2. The molecular weight excluding hydrogens is 1740 g/mol. The average molecular weight is 1860 g/mol. The predicted octanol–water partition coefficient (Wildman–Crippen LogP) is 22.4. The summed E-state index contributed by atoms with van der Waals surface area (Å²) < 4.78 is 40.5. The molecule has 0 saturated carbocycles. The lowest BCUT2D eigenvalue weighted by Gasteiger charge is -2.22. The Morgan fingerprint density at radius 2 is 0.726 bits per heavy atom. The molecule has 0 aliphatic rings. The highest BCUT2D eigenvalue weighted by atomic mass is 79.9. The number of halogens is 8. The van der Waals surface area contributed by atoms with Gasteiger partial charge in [-0.05, 0) is 186 Å². The second-order valence-electron chi connectivity index (χ2n) is 29.1. The van der Waals surface area contributed by atoms with Crippen molar-refractivity contribution >= 4 is 192 Å². The first-order chi connectivity index (χ1) is 53.8. The fraction of sp³-hybridized carbons (Fsp3) is 0.476. The number of para-hydroxylation sites is 6. The van der Waals surface area contributed by atoms with E-state index in [4.69, 9.17) is 132 Å². The number of hydrogen-bond donors (Lipinski definition) is 9. The van der Waals surface area contributed by atoms with Crippen LogP contribution in [-0.4, -0.2) is 137 Å². The van der Waals surface area contributed by atoms with Gasteiger partial charge in [-0.3, -0.25) is 14.4 Å². The Hall–Kier alpha value is -7.31. The summed E-state index contributed by atoms with van der Waals surface area (Å²) in [6.45, 7) is 32.6. The molecule has 656 valence electrons. The van der Waals surface area contributed by atoms with E-state index in [0.29, 0.717) is 103 Å². The smallest absolute Gasteiger partial charge is 0.461 e. The molecule has 0 aromatic heterocycles. The van der Waals surface area contributed by atoms with Crippen LogP contribution in [0.3, 0.4) is 0 Å². The number of aliphatic hydroxyl groups is 1. The van der Waals surface area contributed by atoms with E-state index in [1.807, 2.05) is 121 Å².